The Morgan fingerprint density at radius 1 is 1.05 bits per heavy atom. The predicted molar refractivity (Wildman–Crippen MR) is 77.4 cm³/mol. The number of imide groups is 3. The van der Waals surface area contributed by atoms with Crippen LogP contribution in [0.3, 0.4) is 0 Å². The number of hydrogen-bond donors (Lipinski definition) is 0. The molecule has 0 aliphatic rings. The highest BCUT2D eigenvalue weighted by Gasteiger charge is 2.26. The van der Waals surface area contributed by atoms with Crippen molar-refractivity contribution >= 4 is 23.5 Å². The Balaban J connectivity index is 2.82. The van der Waals surface area contributed by atoms with Gasteiger partial charge < -0.3 is 0 Å². The monoisotopic (exact) mass is 287 g/mol. The van der Waals surface area contributed by atoms with E-state index >= 15 is 0 Å². The zero-order valence-corrected chi connectivity index (χ0v) is 12.0. The third kappa shape index (κ3) is 4.80. The summed E-state index contributed by atoms with van der Waals surface area (Å²) in [5.74, 6) is -2.23. The third-order valence-corrected chi connectivity index (χ3v) is 2.73. The normalized spacial score (nSPS) is 10.4. The minimum Gasteiger partial charge on any atom is -0.295 e. The van der Waals surface area contributed by atoms with Crippen LogP contribution in [0, 0.1) is 0 Å². The summed E-state index contributed by atoms with van der Waals surface area (Å²) in [6.45, 7) is 2.84. The van der Waals surface area contributed by atoms with Gasteiger partial charge in [-0.05, 0) is 25.1 Å². The van der Waals surface area contributed by atoms with Gasteiger partial charge in [-0.2, -0.15) is 0 Å². The van der Waals surface area contributed by atoms with Crippen molar-refractivity contribution in [1.82, 2.24) is 4.90 Å². The third-order valence-electron chi connectivity index (χ3n) is 2.73. The fourth-order valence-corrected chi connectivity index (χ4v) is 1.75. The van der Waals surface area contributed by atoms with Crippen LogP contribution in [-0.4, -0.2) is 28.4 Å². The maximum Gasteiger partial charge on any atom is 0.267 e. The predicted octanol–water partition coefficient (Wildman–Crippen LogP) is 2.13. The number of carbonyl (C=O) groups is 4. The molecule has 1 aromatic rings. The lowest BCUT2D eigenvalue weighted by molar-refractivity contribution is -0.140. The first-order chi connectivity index (χ1) is 9.97. The van der Waals surface area contributed by atoms with E-state index < -0.39 is 17.7 Å². The van der Waals surface area contributed by atoms with Crippen LogP contribution in [0.25, 0.3) is 0 Å². The first-order valence-corrected chi connectivity index (χ1v) is 6.55. The molecule has 0 fully saturated rings. The van der Waals surface area contributed by atoms with Crippen LogP contribution >= 0.6 is 0 Å². The first-order valence-electron chi connectivity index (χ1n) is 6.55. The second-order valence-corrected chi connectivity index (χ2v) is 4.39. The van der Waals surface area contributed by atoms with Gasteiger partial charge in [-0.3, -0.25) is 19.2 Å². The Bertz CT molecular complexity index is 575. The largest absolute Gasteiger partial charge is 0.295 e. The molecule has 5 nitrogen and oxygen atoms in total. The Kier molecular flexibility index (Phi) is 6.20. The standard InChI is InChI=1S/C16H17NO4/c1-3-7-14(19)10-11-15(20)17(12(2)18)16(21)13-8-5-4-6-9-13/h3-9H,10-11H2,1-2H3. The molecular weight excluding hydrogens is 270 g/mol. The van der Waals surface area contributed by atoms with Crippen LogP contribution in [0.1, 0.15) is 37.0 Å². The summed E-state index contributed by atoms with van der Waals surface area (Å²) in [6.07, 6.45) is 2.71. The van der Waals surface area contributed by atoms with E-state index in [-0.39, 0.29) is 24.2 Å². The second-order valence-electron chi connectivity index (χ2n) is 4.39. The Morgan fingerprint density at radius 2 is 1.67 bits per heavy atom. The van der Waals surface area contributed by atoms with Gasteiger partial charge in [0.25, 0.3) is 5.91 Å². The number of benzene rings is 1. The molecule has 0 aromatic heterocycles. The van der Waals surface area contributed by atoms with E-state index in [1.807, 2.05) is 0 Å². The molecule has 3 amide bonds. The van der Waals surface area contributed by atoms with Crippen LogP contribution < -0.4 is 0 Å². The molecule has 0 aliphatic heterocycles. The second kappa shape index (κ2) is 7.89. The van der Waals surface area contributed by atoms with Gasteiger partial charge in [-0.25, -0.2) is 4.90 Å². The van der Waals surface area contributed by atoms with Gasteiger partial charge >= 0.3 is 0 Å². The van der Waals surface area contributed by atoms with Crippen LogP contribution in [0.2, 0.25) is 0 Å². The van der Waals surface area contributed by atoms with Gasteiger partial charge in [0, 0.05) is 25.3 Å². The molecule has 0 aliphatic carbocycles. The first kappa shape index (κ1) is 16.5. The quantitative estimate of drug-likeness (QED) is 0.778. The number of hydrogen-bond acceptors (Lipinski definition) is 4. The Labute approximate surface area is 123 Å². The maximum absolute atomic E-state index is 12.2. The molecule has 0 heterocycles. The number of carbonyl (C=O) groups excluding carboxylic acids is 4. The molecule has 1 aromatic carbocycles. The zero-order chi connectivity index (χ0) is 15.8. The molecule has 110 valence electrons. The molecule has 0 saturated heterocycles. The SMILES string of the molecule is CC=CC(=O)CCC(=O)N(C(C)=O)C(=O)c1ccccc1. The summed E-state index contributed by atoms with van der Waals surface area (Å²) in [5, 5.41) is 0. The lowest BCUT2D eigenvalue weighted by atomic mass is 10.1. The topological polar surface area (TPSA) is 71.5 Å². The molecule has 0 atom stereocenters. The molecular formula is C16H17NO4. The van der Waals surface area contributed by atoms with Crippen LogP contribution in [0.4, 0.5) is 0 Å². The van der Waals surface area contributed by atoms with E-state index in [2.05, 4.69) is 0 Å². The Hall–Kier alpha value is -2.56. The fraction of sp³-hybridized carbons (Fsp3) is 0.250. The van der Waals surface area contributed by atoms with Crippen molar-refractivity contribution in [3.8, 4) is 0 Å². The van der Waals surface area contributed by atoms with Crippen LogP contribution in [-0.2, 0) is 14.4 Å². The summed E-state index contributed by atoms with van der Waals surface area (Å²) in [6, 6.07) is 8.07. The number of rotatable bonds is 5. The summed E-state index contributed by atoms with van der Waals surface area (Å²) in [4.78, 5) is 47.7. The van der Waals surface area contributed by atoms with Crippen molar-refractivity contribution in [2.45, 2.75) is 26.7 Å². The van der Waals surface area contributed by atoms with Crippen molar-refractivity contribution in [2.24, 2.45) is 0 Å². The van der Waals surface area contributed by atoms with E-state index in [9.17, 15) is 19.2 Å². The highest BCUT2D eigenvalue weighted by molar-refractivity contribution is 6.16. The lowest BCUT2D eigenvalue weighted by Gasteiger charge is -2.17. The molecule has 0 unspecified atom stereocenters. The molecule has 0 spiro atoms. The van der Waals surface area contributed by atoms with Gasteiger partial charge in [0.1, 0.15) is 0 Å². The van der Waals surface area contributed by atoms with Crippen molar-refractivity contribution in [3.63, 3.8) is 0 Å². The van der Waals surface area contributed by atoms with Gasteiger partial charge in [-0.15, -0.1) is 0 Å². The van der Waals surface area contributed by atoms with Crippen molar-refractivity contribution < 1.29 is 19.2 Å². The average molecular weight is 287 g/mol. The van der Waals surface area contributed by atoms with Gasteiger partial charge in [-0.1, -0.05) is 24.3 Å². The average Bonchev–Trinajstić information content (AvgIpc) is 2.46. The summed E-state index contributed by atoms with van der Waals surface area (Å²) >= 11 is 0. The zero-order valence-electron chi connectivity index (χ0n) is 12.0. The minimum atomic E-state index is -0.674. The number of allylic oxidation sites excluding steroid dienone is 2. The summed E-state index contributed by atoms with van der Waals surface area (Å²) < 4.78 is 0. The molecule has 0 saturated carbocycles. The molecule has 5 heteroatoms. The Morgan fingerprint density at radius 3 is 2.19 bits per heavy atom. The van der Waals surface area contributed by atoms with E-state index in [4.69, 9.17) is 0 Å². The number of amides is 3. The molecule has 0 bridgehead atoms. The van der Waals surface area contributed by atoms with Crippen LogP contribution in [0.15, 0.2) is 42.5 Å². The fourth-order valence-electron chi connectivity index (χ4n) is 1.75. The van der Waals surface area contributed by atoms with E-state index in [1.54, 1.807) is 31.2 Å². The highest BCUT2D eigenvalue weighted by Crippen LogP contribution is 2.08. The highest BCUT2D eigenvalue weighted by atomic mass is 16.2. The van der Waals surface area contributed by atoms with Crippen molar-refractivity contribution in [3.05, 3.63) is 48.0 Å². The number of ketones is 1. The molecule has 0 N–H and O–H groups in total. The van der Waals surface area contributed by atoms with Crippen molar-refractivity contribution in [2.75, 3.05) is 0 Å². The van der Waals surface area contributed by atoms with E-state index in [0.717, 1.165) is 6.92 Å². The smallest absolute Gasteiger partial charge is 0.267 e. The minimum absolute atomic E-state index is 0.0327. The number of nitrogens with zero attached hydrogens (tertiary/aromatic N) is 1. The van der Waals surface area contributed by atoms with Gasteiger partial charge in [0.2, 0.25) is 11.8 Å². The summed E-state index contributed by atoms with van der Waals surface area (Å²) in [5.41, 5.74) is 0.251. The van der Waals surface area contributed by atoms with Crippen molar-refractivity contribution in [1.29, 1.82) is 0 Å². The van der Waals surface area contributed by atoms with E-state index in [1.165, 1.54) is 18.2 Å². The van der Waals surface area contributed by atoms with Crippen LogP contribution in [0.5, 0.6) is 0 Å². The molecule has 0 radical (unpaired) electrons. The molecule has 21 heavy (non-hydrogen) atoms. The maximum atomic E-state index is 12.2. The molecule has 1 rings (SSSR count). The lowest BCUT2D eigenvalue weighted by Crippen LogP contribution is -2.40. The van der Waals surface area contributed by atoms with Gasteiger partial charge in [0.15, 0.2) is 5.78 Å². The summed E-state index contributed by atoms with van der Waals surface area (Å²) in [7, 11) is 0. The van der Waals surface area contributed by atoms with Gasteiger partial charge in [0.05, 0.1) is 0 Å². The van der Waals surface area contributed by atoms with E-state index in [0.29, 0.717) is 4.90 Å².